The van der Waals surface area contributed by atoms with Crippen molar-refractivity contribution < 1.29 is 28.7 Å². The van der Waals surface area contributed by atoms with Crippen LogP contribution in [0.4, 0.5) is 5.69 Å². The number of nitro groups is 1. The number of hydrogen-bond acceptors (Lipinski definition) is 7. The Labute approximate surface area is 186 Å². The molecular weight excluding hydrogens is 418 g/mol. The predicted octanol–water partition coefficient (Wildman–Crippen LogP) is 2.54. The monoisotopic (exact) mass is 445 g/mol. The molecule has 0 radical (unpaired) electrons. The van der Waals surface area contributed by atoms with Gasteiger partial charge in [-0.25, -0.2) is 0 Å². The second-order valence-corrected chi connectivity index (χ2v) is 6.79. The van der Waals surface area contributed by atoms with Crippen LogP contribution >= 0.6 is 0 Å². The molecule has 10 heteroatoms. The lowest BCUT2D eigenvalue weighted by molar-refractivity contribution is -0.385. The summed E-state index contributed by atoms with van der Waals surface area (Å²) in [4.78, 5) is 37.4. The first-order valence-electron chi connectivity index (χ1n) is 9.93. The fraction of sp³-hybridized carbons (Fsp3) is 0.364. The normalized spacial score (nSPS) is 11.2. The van der Waals surface area contributed by atoms with Gasteiger partial charge in [0.25, 0.3) is 5.91 Å². The highest BCUT2D eigenvalue weighted by atomic mass is 16.6. The van der Waals surface area contributed by atoms with E-state index in [0.717, 1.165) is 5.56 Å². The standard InChI is InChI=1S/C22H27N3O7/c1-5-18(22(27)23-2)24(13-15-7-6-8-16(11-15)30-3)21(26)14-32-17-9-10-19(25(28)29)20(12-17)31-4/h6-12,18H,5,13-14H2,1-4H3,(H,23,27)/t18-/m0/s1. The molecule has 0 fully saturated rings. The van der Waals surface area contributed by atoms with Crippen LogP contribution in [0.2, 0.25) is 0 Å². The maximum atomic E-state index is 13.1. The van der Waals surface area contributed by atoms with E-state index in [1.807, 2.05) is 13.0 Å². The Balaban J connectivity index is 2.23. The zero-order valence-corrected chi connectivity index (χ0v) is 18.5. The van der Waals surface area contributed by atoms with Crippen molar-refractivity contribution in [1.82, 2.24) is 10.2 Å². The van der Waals surface area contributed by atoms with E-state index in [1.54, 1.807) is 25.3 Å². The number of nitro benzene ring substituents is 1. The molecule has 0 aliphatic rings. The molecule has 0 heterocycles. The number of nitrogens with one attached hydrogen (secondary N) is 1. The third-order valence-corrected chi connectivity index (χ3v) is 4.83. The smallest absolute Gasteiger partial charge is 0.311 e. The molecule has 172 valence electrons. The minimum Gasteiger partial charge on any atom is -0.497 e. The van der Waals surface area contributed by atoms with Gasteiger partial charge in [-0.2, -0.15) is 0 Å². The van der Waals surface area contributed by atoms with E-state index in [0.29, 0.717) is 12.2 Å². The van der Waals surface area contributed by atoms with Crippen LogP contribution < -0.4 is 19.5 Å². The van der Waals surface area contributed by atoms with Crippen molar-refractivity contribution in [1.29, 1.82) is 0 Å². The van der Waals surface area contributed by atoms with Crippen molar-refractivity contribution in [3.63, 3.8) is 0 Å². The molecule has 0 unspecified atom stereocenters. The van der Waals surface area contributed by atoms with Gasteiger partial charge in [0.2, 0.25) is 11.7 Å². The SMILES string of the molecule is CC[C@@H](C(=O)NC)N(Cc1cccc(OC)c1)C(=O)COc1ccc([N+](=O)[O-])c(OC)c1. The number of carbonyl (C=O) groups is 2. The van der Waals surface area contributed by atoms with E-state index < -0.39 is 16.9 Å². The minimum atomic E-state index is -0.700. The largest absolute Gasteiger partial charge is 0.497 e. The predicted molar refractivity (Wildman–Crippen MR) is 117 cm³/mol. The van der Waals surface area contributed by atoms with Gasteiger partial charge in [0.05, 0.1) is 19.1 Å². The van der Waals surface area contributed by atoms with E-state index >= 15 is 0 Å². The third kappa shape index (κ3) is 6.10. The summed E-state index contributed by atoms with van der Waals surface area (Å²) in [5.41, 5.74) is 0.577. The maximum Gasteiger partial charge on any atom is 0.311 e. The van der Waals surface area contributed by atoms with Gasteiger partial charge < -0.3 is 24.4 Å². The molecule has 0 bridgehead atoms. The number of nitrogens with zero attached hydrogens (tertiary/aromatic N) is 2. The summed E-state index contributed by atoms with van der Waals surface area (Å²) in [5.74, 6) is 0.179. The van der Waals surface area contributed by atoms with Crippen LogP contribution in [0.1, 0.15) is 18.9 Å². The lowest BCUT2D eigenvalue weighted by Crippen LogP contribution is -2.49. The van der Waals surface area contributed by atoms with Crippen molar-refractivity contribution in [3.8, 4) is 17.2 Å². The molecule has 0 aliphatic carbocycles. The molecule has 1 atom stereocenters. The van der Waals surface area contributed by atoms with Crippen LogP contribution in [0, 0.1) is 10.1 Å². The number of methoxy groups -OCH3 is 2. The average molecular weight is 445 g/mol. The zero-order chi connectivity index (χ0) is 23.7. The molecule has 10 nitrogen and oxygen atoms in total. The first kappa shape index (κ1) is 24.4. The molecule has 1 N–H and O–H groups in total. The summed E-state index contributed by atoms with van der Waals surface area (Å²) in [7, 11) is 4.37. The summed E-state index contributed by atoms with van der Waals surface area (Å²) in [6.07, 6.45) is 0.404. The van der Waals surface area contributed by atoms with Crippen molar-refractivity contribution in [2.24, 2.45) is 0 Å². The van der Waals surface area contributed by atoms with Gasteiger partial charge in [-0.1, -0.05) is 19.1 Å². The van der Waals surface area contributed by atoms with Crippen LogP contribution in [0.15, 0.2) is 42.5 Å². The molecule has 2 amide bonds. The summed E-state index contributed by atoms with van der Waals surface area (Å²) in [5, 5.41) is 13.6. The van der Waals surface area contributed by atoms with Crippen molar-refractivity contribution in [3.05, 3.63) is 58.1 Å². The van der Waals surface area contributed by atoms with Gasteiger partial charge in [-0.3, -0.25) is 19.7 Å². The van der Waals surface area contributed by atoms with Crippen molar-refractivity contribution >= 4 is 17.5 Å². The summed E-state index contributed by atoms with van der Waals surface area (Å²) in [6.45, 7) is 1.63. The van der Waals surface area contributed by atoms with Crippen LogP contribution in [0.25, 0.3) is 0 Å². The second-order valence-electron chi connectivity index (χ2n) is 6.79. The number of likely N-dealkylation sites (N-methyl/N-ethyl adjacent to an activating group) is 1. The lowest BCUT2D eigenvalue weighted by Gasteiger charge is -2.30. The number of hydrogen-bond donors (Lipinski definition) is 1. The van der Waals surface area contributed by atoms with E-state index in [9.17, 15) is 19.7 Å². The fourth-order valence-electron chi connectivity index (χ4n) is 3.18. The van der Waals surface area contributed by atoms with Crippen molar-refractivity contribution in [2.45, 2.75) is 25.9 Å². The summed E-state index contributed by atoms with van der Waals surface area (Å²) in [6, 6.07) is 10.5. The summed E-state index contributed by atoms with van der Waals surface area (Å²) >= 11 is 0. The first-order valence-corrected chi connectivity index (χ1v) is 9.93. The number of rotatable bonds is 11. The molecular formula is C22H27N3O7. The molecule has 0 aromatic heterocycles. The highest BCUT2D eigenvalue weighted by Gasteiger charge is 2.28. The third-order valence-electron chi connectivity index (χ3n) is 4.83. The van der Waals surface area contributed by atoms with Crippen LogP contribution in [0.3, 0.4) is 0 Å². The summed E-state index contributed by atoms with van der Waals surface area (Å²) < 4.78 is 15.8. The average Bonchev–Trinajstić information content (AvgIpc) is 2.81. The molecule has 0 aliphatic heterocycles. The van der Waals surface area contributed by atoms with Crippen LogP contribution in [-0.4, -0.2) is 55.6 Å². The Hall–Kier alpha value is -3.82. The Bertz CT molecular complexity index is 964. The molecule has 2 rings (SSSR count). The van der Waals surface area contributed by atoms with E-state index in [-0.39, 0.29) is 36.2 Å². The van der Waals surface area contributed by atoms with Gasteiger partial charge in [-0.15, -0.1) is 0 Å². The Morgan fingerprint density at radius 2 is 1.88 bits per heavy atom. The number of amides is 2. The number of carbonyl (C=O) groups excluding carboxylic acids is 2. The second kappa shape index (κ2) is 11.5. The van der Waals surface area contributed by atoms with Gasteiger partial charge in [0.1, 0.15) is 17.5 Å². The fourth-order valence-corrected chi connectivity index (χ4v) is 3.18. The molecule has 2 aromatic rings. The van der Waals surface area contributed by atoms with Crippen molar-refractivity contribution in [2.75, 3.05) is 27.9 Å². The van der Waals surface area contributed by atoms with Gasteiger partial charge in [0, 0.05) is 25.7 Å². The van der Waals surface area contributed by atoms with Crippen LogP contribution in [-0.2, 0) is 16.1 Å². The first-order chi connectivity index (χ1) is 15.3. The molecule has 2 aromatic carbocycles. The van der Waals surface area contributed by atoms with E-state index in [1.165, 1.54) is 37.3 Å². The number of ether oxygens (including phenoxy) is 3. The lowest BCUT2D eigenvalue weighted by atomic mass is 10.1. The van der Waals surface area contributed by atoms with Gasteiger partial charge in [0.15, 0.2) is 6.61 Å². The number of benzene rings is 2. The topological polar surface area (TPSA) is 120 Å². The van der Waals surface area contributed by atoms with E-state index in [2.05, 4.69) is 5.32 Å². The van der Waals surface area contributed by atoms with E-state index in [4.69, 9.17) is 14.2 Å². The quantitative estimate of drug-likeness (QED) is 0.417. The van der Waals surface area contributed by atoms with Gasteiger partial charge >= 0.3 is 5.69 Å². The maximum absolute atomic E-state index is 13.1. The Kier molecular flexibility index (Phi) is 8.82. The Morgan fingerprint density at radius 3 is 2.47 bits per heavy atom. The molecule has 0 saturated heterocycles. The highest BCUT2D eigenvalue weighted by Crippen LogP contribution is 2.30. The highest BCUT2D eigenvalue weighted by molar-refractivity contribution is 5.88. The van der Waals surface area contributed by atoms with Gasteiger partial charge in [-0.05, 0) is 30.2 Å². The Morgan fingerprint density at radius 1 is 1.12 bits per heavy atom. The van der Waals surface area contributed by atoms with Crippen LogP contribution in [0.5, 0.6) is 17.2 Å². The minimum absolute atomic E-state index is 0.0185. The molecule has 32 heavy (non-hydrogen) atoms. The molecule has 0 spiro atoms. The zero-order valence-electron chi connectivity index (χ0n) is 18.5. The molecule has 0 saturated carbocycles.